The van der Waals surface area contributed by atoms with Gasteiger partial charge in [0.05, 0.1) is 0 Å². The van der Waals surface area contributed by atoms with Gasteiger partial charge in [0, 0.05) is 6.04 Å². The molecule has 0 unspecified atom stereocenters. The minimum Gasteiger partial charge on any atom is -0.482 e. The van der Waals surface area contributed by atoms with Crippen molar-refractivity contribution in [2.45, 2.75) is 57.9 Å². The summed E-state index contributed by atoms with van der Waals surface area (Å²) in [7, 11) is 0. The summed E-state index contributed by atoms with van der Waals surface area (Å²) in [6, 6.07) is 7.66. The van der Waals surface area contributed by atoms with E-state index in [4.69, 9.17) is 9.47 Å². The highest BCUT2D eigenvalue weighted by Crippen LogP contribution is 2.17. The second-order valence-corrected chi connectivity index (χ2v) is 6.32. The molecule has 2 rings (SSSR count). The number of hydrogen-bond donors (Lipinski definition) is 1. The molecular weight excluding hydrogens is 306 g/mol. The van der Waals surface area contributed by atoms with E-state index in [1.807, 2.05) is 25.1 Å². The normalized spacial score (nSPS) is 15.9. The summed E-state index contributed by atoms with van der Waals surface area (Å²) in [4.78, 5) is 23.6. The molecule has 24 heavy (non-hydrogen) atoms. The van der Waals surface area contributed by atoms with Crippen LogP contribution in [0.1, 0.15) is 50.5 Å². The second kappa shape index (κ2) is 9.96. The Morgan fingerprint density at radius 3 is 2.42 bits per heavy atom. The maximum Gasteiger partial charge on any atom is 0.344 e. The number of nitrogens with one attached hydrogen (secondary N) is 1. The Morgan fingerprint density at radius 2 is 1.71 bits per heavy atom. The van der Waals surface area contributed by atoms with Crippen molar-refractivity contribution in [3.63, 3.8) is 0 Å². The molecule has 1 amide bonds. The zero-order valence-electron chi connectivity index (χ0n) is 14.4. The predicted octanol–water partition coefficient (Wildman–Crippen LogP) is 3.15. The minimum absolute atomic E-state index is 0.193. The summed E-state index contributed by atoms with van der Waals surface area (Å²) in [6.07, 6.45) is 8.07. The molecule has 5 nitrogen and oxygen atoms in total. The summed E-state index contributed by atoms with van der Waals surface area (Å²) >= 11 is 0. The van der Waals surface area contributed by atoms with Crippen LogP contribution in [0.4, 0.5) is 0 Å². The van der Waals surface area contributed by atoms with E-state index >= 15 is 0 Å². The number of ether oxygens (including phenoxy) is 2. The van der Waals surface area contributed by atoms with E-state index in [0.717, 1.165) is 31.2 Å². The number of carbonyl (C=O) groups is 2. The second-order valence-electron chi connectivity index (χ2n) is 6.32. The van der Waals surface area contributed by atoms with Gasteiger partial charge in [-0.25, -0.2) is 4.79 Å². The molecule has 1 fully saturated rings. The average molecular weight is 333 g/mol. The largest absolute Gasteiger partial charge is 0.482 e. The lowest BCUT2D eigenvalue weighted by Gasteiger charge is -2.20. The summed E-state index contributed by atoms with van der Waals surface area (Å²) in [5, 5.41) is 2.97. The maximum absolute atomic E-state index is 11.9. The van der Waals surface area contributed by atoms with Gasteiger partial charge in [-0.2, -0.15) is 0 Å². The smallest absolute Gasteiger partial charge is 0.344 e. The zero-order valence-corrected chi connectivity index (χ0v) is 14.4. The third-order valence-corrected chi connectivity index (χ3v) is 4.27. The number of carbonyl (C=O) groups excluding carboxylic acids is 2. The fourth-order valence-corrected chi connectivity index (χ4v) is 2.91. The maximum atomic E-state index is 11.9. The quantitative estimate of drug-likeness (QED) is 0.812. The Labute approximate surface area is 143 Å². The molecule has 1 aliphatic rings. The van der Waals surface area contributed by atoms with Gasteiger partial charge in [-0.3, -0.25) is 4.79 Å². The average Bonchev–Trinajstić information content (AvgIpc) is 2.54. The van der Waals surface area contributed by atoms with Crippen LogP contribution in [-0.2, 0) is 14.3 Å². The molecule has 132 valence electrons. The van der Waals surface area contributed by atoms with Crippen molar-refractivity contribution in [1.82, 2.24) is 5.32 Å². The first kappa shape index (κ1) is 18.3. The van der Waals surface area contributed by atoms with Crippen LogP contribution in [0.5, 0.6) is 5.75 Å². The van der Waals surface area contributed by atoms with Crippen molar-refractivity contribution in [3.05, 3.63) is 29.8 Å². The molecule has 0 spiro atoms. The van der Waals surface area contributed by atoms with Crippen LogP contribution < -0.4 is 10.1 Å². The summed E-state index contributed by atoms with van der Waals surface area (Å²) in [6.45, 7) is 1.47. The first-order chi connectivity index (χ1) is 11.6. The van der Waals surface area contributed by atoms with E-state index in [-0.39, 0.29) is 25.2 Å². The van der Waals surface area contributed by atoms with Gasteiger partial charge in [0.2, 0.25) is 0 Å². The highest BCUT2D eigenvalue weighted by atomic mass is 16.6. The van der Waals surface area contributed by atoms with Gasteiger partial charge in [0.25, 0.3) is 5.91 Å². The van der Waals surface area contributed by atoms with Crippen LogP contribution >= 0.6 is 0 Å². The molecule has 1 N–H and O–H groups in total. The number of hydrogen-bond acceptors (Lipinski definition) is 4. The highest BCUT2D eigenvalue weighted by molar-refractivity contribution is 5.81. The molecule has 1 aromatic rings. The Morgan fingerprint density at radius 1 is 1.04 bits per heavy atom. The molecule has 1 saturated carbocycles. The van der Waals surface area contributed by atoms with E-state index in [0.29, 0.717) is 5.75 Å². The van der Waals surface area contributed by atoms with E-state index in [9.17, 15) is 9.59 Å². The molecule has 0 bridgehead atoms. The highest BCUT2D eigenvalue weighted by Gasteiger charge is 2.15. The summed E-state index contributed by atoms with van der Waals surface area (Å²) in [5.41, 5.74) is 0.951. The Kier molecular flexibility index (Phi) is 7.59. The van der Waals surface area contributed by atoms with Gasteiger partial charge in [-0.1, -0.05) is 50.3 Å². The van der Waals surface area contributed by atoms with Gasteiger partial charge in [0.1, 0.15) is 5.75 Å². The first-order valence-electron chi connectivity index (χ1n) is 8.78. The first-order valence-corrected chi connectivity index (χ1v) is 8.78. The van der Waals surface area contributed by atoms with Gasteiger partial charge >= 0.3 is 5.97 Å². The van der Waals surface area contributed by atoms with Crippen molar-refractivity contribution >= 4 is 11.9 Å². The minimum atomic E-state index is -0.536. The molecule has 0 saturated heterocycles. The Bertz CT molecular complexity index is 536. The van der Waals surface area contributed by atoms with Crippen molar-refractivity contribution in [3.8, 4) is 5.75 Å². The molecule has 1 aliphatic carbocycles. The zero-order chi connectivity index (χ0) is 17.2. The molecule has 1 aromatic carbocycles. The van der Waals surface area contributed by atoms with Crippen molar-refractivity contribution in [2.24, 2.45) is 0 Å². The summed E-state index contributed by atoms with van der Waals surface area (Å²) < 4.78 is 10.4. The number of amides is 1. The molecular formula is C19H27NO4. The molecule has 5 heteroatoms. The van der Waals surface area contributed by atoms with Crippen molar-refractivity contribution < 1.29 is 19.1 Å². The predicted molar refractivity (Wildman–Crippen MR) is 91.9 cm³/mol. The molecule has 0 aliphatic heterocycles. The van der Waals surface area contributed by atoms with Gasteiger partial charge in [-0.05, 0) is 31.4 Å². The van der Waals surface area contributed by atoms with E-state index in [1.54, 1.807) is 6.07 Å². The van der Waals surface area contributed by atoms with Gasteiger partial charge < -0.3 is 14.8 Å². The van der Waals surface area contributed by atoms with Crippen LogP contribution in [-0.4, -0.2) is 31.1 Å². The van der Waals surface area contributed by atoms with Crippen LogP contribution in [0.3, 0.4) is 0 Å². The van der Waals surface area contributed by atoms with E-state index in [2.05, 4.69) is 5.32 Å². The fraction of sp³-hybridized carbons (Fsp3) is 0.579. The topological polar surface area (TPSA) is 64.6 Å². The number of esters is 1. The van der Waals surface area contributed by atoms with Crippen molar-refractivity contribution in [1.29, 1.82) is 0 Å². The van der Waals surface area contributed by atoms with Crippen LogP contribution in [0, 0.1) is 6.92 Å². The lowest BCUT2D eigenvalue weighted by molar-refractivity contribution is -0.150. The van der Waals surface area contributed by atoms with Crippen LogP contribution in [0.15, 0.2) is 24.3 Å². The molecule has 0 heterocycles. The van der Waals surface area contributed by atoms with Crippen LogP contribution in [0.2, 0.25) is 0 Å². The lowest BCUT2D eigenvalue weighted by Crippen LogP contribution is -2.38. The van der Waals surface area contributed by atoms with E-state index < -0.39 is 5.97 Å². The fourth-order valence-electron chi connectivity index (χ4n) is 2.91. The number of rotatable bonds is 6. The monoisotopic (exact) mass is 333 g/mol. The van der Waals surface area contributed by atoms with Crippen LogP contribution in [0.25, 0.3) is 0 Å². The molecule has 0 radical (unpaired) electrons. The lowest BCUT2D eigenvalue weighted by atomic mass is 9.97. The number of aryl methyl sites for hydroxylation is 1. The number of para-hydroxylation sites is 1. The van der Waals surface area contributed by atoms with Gasteiger partial charge in [0.15, 0.2) is 13.2 Å². The Balaban J connectivity index is 1.65. The third-order valence-electron chi connectivity index (χ3n) is 4.27. The number of benzene rings is 1. The molecule has 0 atom stereocenters. The summed E-state index contributed by atoms with van der Waals surface area (Å²) in [5.74, 6) is -0.121. The molecule has 0 aromatic heterocycles. The van der Waals surface area contributed by atoms with Gasteiger partial charge in [-0.15, -0.1) is 0 Å². The standard InChI is InChI=1S/C19H27NO4/c1-15-9-7-8-12-17(15)23-14-19(22)24-13-18(21)20-16-10-5-3-2-4-6-11-16/h7-9,12,16H,2-6,10-11,13-14H2,1H3,(H,20,21). The Hall–Kier alpha value is -2.04. The SMILES string of the molecule is Cc1ccccc1OCC(=O)OCC(=O)NC1CCCCCCC1. The van der Waals surface area contributed by atoms with Crippen molar-refractivity contribution in [2.75, 3.05) is 13.2 Å². The third kappa shape index (κ3) is 6.60. The van der Waals surface area contributed by atoms with E-state index in [1.165, 1.54) is 19.3 Å².